The summed E-state index contributed by atoms with van der Waals surface area (Å²) < 4.78 is 0. The summed E-state index contributed by atoms with van der Waals surface area (Å²) in [4.78, 5) is 11.9. The van der Waals surface area contributed by atoms with E-state index in [9.17, 15) is 9.90 Å². The fourth-order valence-electron chi connectivity index (χ4n) is 1.96. The van der Waals surface area contributed by atoms with Crippen LogP contribution in [0, 0.1) is 17.8 Å². The second-order valence-electron chi connectivity index (χ2n) is 5.22. The van der Waals surface area contributed by atoms with Crippen LogP contribution in [0.5, 0.6) is 0 Å². The molecule has 3 N–H and O–H groups in total. The lowest BCUT2D eigenvalue weighted by Gasteiger charge is -2.32. The number of aliphatic hydroxyl groups is 1. The third-order valence-corrected chi connectivity index (χ3v) is 3.26. The van der Waals surface area contributed by atoms with Crippen LogP contribution in [0.15, 0.2) is 0 Å². The van der Waals surface area contributed by atoms with E-state index in [0.717, 1.165) is 19.5 Å². The maximum absolute atomic E-state index is 11.9. The summed E-state index contributed by atoms with van der Waals surface area (Å²) in [5.74, 6) is 1.06. The van der Waals surface area contributed by atoms with E-state index in [1.807, 2.05) is 6.92 Å². The zero-order chi connectivity index (χ0) is 12.1. The normalized spacial score (nSPS) is 20.3. The molecule has 94 valence electrons. The maximum Gasteiger partial charge on any atom is 0.223 e. The minimum absolute atomic E-state index is 0.0273. The molecule has 2 atom stereocenters. The monoisotopic (exact) mass is 228 g/mol. The summed E-state index contributed by atoms with van der Waals surface area (Å²) in [5.41, 5.74) is 0. The van der Waals surface area contributed by atoms with Gasteiger partial charge in [-0.2, -0.15) is 0 Å². The van der Waals surface area contributed by atoms with Crippen molar-refractivity contribution in [1.29, 1.82) is 0 Å². The van der Waals surface area contributed by atoms with E-state index in [1.54, 1.807) is 0 Å². The van der Waals surface area contributed by atoms with Gasteiger partial charge in [0.05, 0.1) is 12.6 Å². The zero-order valence-corrected chi connectivity index (χ0v) is 10.5. The lowest BCUT2D eigenvalue weighted by atomic mass is 9.88. The molecule has 0 aromatic rings. The second kappa shape index (κ2) is 6.21. The molecule has 0 spiro atoms. The summed E-state index contributed by atoms with van der Waals surface area (Å²) in [6, 6.07) is -0.0945. The third-order valence-electron chi connectivity index (χ3n) is 3.26. The molecular weight excluding hydrogens is 204 g/mol. The summed E-state index contributed by atoms with van der Waals surface area (Å²) >= 11 is 0. The average molecular weight is 228 g/mol. The van der Waals surface area contributed by atoms with Crippen LogP contribution < -0.4 is 10.6 Å². The number of hydrogen-bond donors (Lipinski definition) is 3. The van der Waals surface area contributed by atoms with E-state index in [1.165, 1.54) is 0 Å². The number of rotatable bonds is 6. The second-order valence-corrected chi connectivity index (χ2v) is 5.22. The van der Waals surface area contributed by atoms with Gasteiger partial charge >= 0.3 is 0 Å². The van der Waals surface area contributed by atoms with E-state index < -0.39 is 0 Å². The molecule has 16 heavy (non-hydrogen) atoms. The van der Waals surface area contributed by atoms with Gasteiger partial charge in [0.2, 0.25) is 5.91 Å². The van der Waals surface area contributed by atoms with Gasteiger partial charge in [-0.25, -0.2) is 0 Å². The highest BCUT2D eigenvalue weighted by Crippen LogP contribution is 2.16. The number of carbonyl (C=O) groups is 1. The van der Waals surface area contributed by atoms with Crippen molar-refractivity contribution < 1.29 is 9.90 Å². The van der Waals surface area contributed by atoms with Gasteiger partial charge in [-0.1, -0.05) is 20.8 Å². The molecule has 4 heteroatoms. The molecule has 1 aliphatic rings. The summed E-state index contributed by atoms with van der Waals surface area (Å²) in [6.45, 7) is 8.04. The molecule has 1 amide bonds. The Morgan fingerprint density at radius 3 is 2.44 bits per heavy atom. The van der Waals surface area contributed by atoms with Crippen molar-refractivity contribution in [2.45, 2.75) is 33.2 Å². The molecule has 1 fully saturated rings. The van der Waals surface area contributed by atoms with Gasteiger partial charge in [-0.15, -0.1) is 0 Å². The predicted molar refractivity (Wildman–Crippen MR) is 64.0 cm³/mol. The Morgan fingerprint density at radius 1 is 1.44 bits per heavy atom. The fourth-order valence-corrected chi connectivity index (χ4v) is 1.96. The van der Waals surface area contributed by atoms with Crippen molar-refractivity contribution in [3.05, 3.63) is 0 Å². The van der Waals surface area contributed by atoms with Gasteiger partial charge in [-0.3, -0.25) is 4.79 Å². The summed E-state index contributed by atoms with van der Waals surface area (Å²) in [7, 11) is 0. The Bertz CT molecular complexity index is 227. The maximum atomic E-state index is 11.9. The van der Waals surface area contributed by atoms with Crippen molar-refractivity contribution in [3.8, 4) is 0 Å². The Hall–Kier alpha value is -0.610. The van der Waals surface area contributed by atoms with Crippen molar-refractivity contribution in [1.82, 2.24) is 10.6 Å². The van der Waals surface area contributed by atoms with Crippen LogP contribution in [0.4, 0.5) is 0 Å². The van der Waals surface area contributed by atoms with Crippen LogP contribution in [-0.4, -0.2) is 36.8 Å². The first-order valence-corrected chi connectivity index (χ1v) is 6.16. The predicted octanol–water partition coefficient (Wildman–Crippen LogP) is 0.365. The van der Waals surface area contributed by atoms with Gasteiger partial charge in [0.25, 0.3) is 0 Å². The van der Waals surface area contributed by atoms with Crippen LogP contribution in [-0.2, 0) is 4.79 Å². The topological polar surface area (TPSA) is 61.4 Å². The standard InChI is InChI=1S/C12H24N2O2/c1-8(2)4-11(7-15)14-12(16)9(3)10-5-13-6-10/h8-11,13,15H,4-7H2,1-3H3,(H,14,16). The molecule has 0 aromatic heterocycles. The Kier molecular flexibility index (Phi) is 5.22. The Labute approximate surface area is 97.8 Å². The SMILES string of the molecule is CC(C)CC(CO)NC(=O)C(C)C1CNC1. The molecule has 0 aliphatic carbocycles. The number of aliphatic hydroxyl groups excluding tert-OH is 1. The van der Waals surface area contributed by atoms with Crippen molar-refractivity contribution in [2.24, 2.45) is 17.8 Å². The molecule has 2 unspecified atom stereocenters. The Morgan fingerprint density at radius 2 is 2.06 bits per heavy atom. The molecule has 1 rings (SSSR count). The van der Waals surface area contributed by atoms with Gasteiger partial charge in [0.15, 0.2) is 0 Å². The summed E-state index contributed by atoms with van der Waals surface area (Å²) in [5, 5.41) is 15.3. The number of nitrogens with one attached hydrogen (secondary N) is 2. The minimum Gasteiger partial charge on any atom is -0.394 e. The van der Waals surface area contributed by atoms with Gasteiger partial charge in [0.1, 0.15) is 0 Å². The lowest BCUT2D eigenvalue weighted by molar-refractivity contribution is -0.127. The smallest absolute Gasteiger partial charge is 0.223 e. The highest BCUT2D eigenvalue weighted by Gasteiger charge is 2.29. The van der Waals surface area contributed by atoms with Crippen LogP contribution >= 0.6 is 0 Å². The molecule has 0 aromatic carbocycles. The van der Waals surface area contributed by atoms with Crippen LogP contribution in [0.3, 0.4) is 0 Å². The van der Waals surface area contributed by atoms with Crippen molar-refractivity contribution in [3.63, 3.8) is 0 Å². The molecule has 0 saturated carbocycles. The molecule has 1 heterocycles. The first-order chi connectivity index (χ1) is 7.54. The van der Waals surface area contributed by atoms with Crippen LogP contribution in [0.25, 0.3) is 0 Å². The fraction of sp³-hybridized carbons (Fsp3) is 0.917. The highest BCUT2D eigenvalue weighted by molar-refractivity contribution is 5.79. The molecule has 4 nitrogen and oxygen atoms in total. The number of hydrogen-bond acceptors (Lipinski definition) is 3. The first kappa shape index (κ1) is 13.5. The van der Waals surface area contributed by atoms with Gasteiger partial charge in [0, 0.05) is 5.92 Å². The Balaban J connectivity index is 2.35. The number of carbonyl (C=O) groups excluding carboxylic acids is 1. The molecule has 0 bridgehead atoms. The van der Waals surface area contributed by atoms with E-state index >= 15 is 0 Å². The van der Waals surface area contributed by atoms with E-state index in [4.69, 9.17) is 0 Å². The average Bonchev–Trinajstić information content (AvgIpc) is 2.13. The summed E-state index contributed by atoms with van der Waals surface area (Å²) in [6.07, 6.45) is 0.831. The van der Waals surface area contributed by atoms with E-state index in [2.05, 4.69) is 24.5 Å². The van der Waals surface area contributed by atoms with Gasteiger partial charge in [-0.05, 0) is 31.3 Å². The highest BCUT2D eigenvalue weighted by atomic mass is 16.3. The van der Waals surface area contributed by atoms with Gasteiger partial charge < -0.3 is 15.7 Å². The molecule has 0 radical (unpaired) electrons. The van der Waals surface area contributed by atoms with Crippen LogP contribution in [0.2, 0.25) is 0 Å². The minimum atomic E-state index is -0.0945. The van der Waals surface area contributed by atoms with Crippen LogP contribution in [0.1, 0.15) is 27.2 Å². The molecule has 1 aliphatic heterocycles. The first-order valence-electron chi connectivity index (χ1n) is 6.16. The van der Waals surface area contributed by atoms with E-state index in [0.29, 0.717) is 11.8 Å². The van der Waals surface area contributed by atoms with Crippen molar-refractivity contribution in [2.75, 3.05) is 19.7 Å². The lowest BCUT2D eigenvalue weighted by Crippen LogP contribution is -2.51. The molecule has 1 saturated heterocycles. The number of amides is 1. The third kappa shape index (κ3) is 3.76. The zero-order valence-electron chi connectivity index (χ0n) is 10.5. The largest absolute Gasteiger partial charge is 0.394 e. The van der Waals surface area contributed by atoms with Crippen molar-refractivity contribution >= 4 is 5.91 Å². The molecular formula is C12H24N2O2. The quantitative estimate of drug-likeness (QED) is 0.615. The van der Waals surface area contributed by atoms with E-state index in [-0.39, 0.29) is 24.5 Å².